The lowest BCUT2D eigenvalue weighted by Gasteiger charge is -2.28. The van der Waals surface area contributed by atoms with Gasteiger partial charge in [0, 0.05) is 19.4 Å². The van der Waals surface area contributed by atoms with Crippen molar-refractivity contribution in [2.45, 2.75) is 39.2 Å². The molecule has 0 aliphatic carbocycles. The minimum absolute atomic E-state index is 0.00377. The lowest BCUT2D eigenvalue weighted by atomic mass is 10.1. The van der Waals surface area contributed by atoms with Crippen molar-refractivity contribution in [1.29, 1.82) is 0 Å². The zero-order chi connectivity index (χ0) is 15.1. The van der Waals surface area contributed by atoms with E-state index in [0.717, 1.165) is 5.56 Å². The van der Waals surface area contributed by atoms with Crippen molar-refractivity contribution in [3.05, 3.63) is 29.8 Å². The molecular formula is C15H21NO4. The molecule has 0 radical (unpaired) electrons. The fourth-order valence-electron chi connectivity index (χ4n) is 2.17. The Morgan fingerprint density at radius 1 is 1.30 bits per heavy atom. The second kappa shape index (κ2) is 7.53. The quantitative estimate of drug-likeness (QED) is 0.804. The van der Waals surface area contributed by atoms with E-state index in [1.807, 2.05) is 19.9 Å². The molecule has 0 aromatic heterocycles. The highest BCUT2D eigenvalue weighted by molar-refractivity contribution is 5.77. The maximum Gasteiger partial charge on any atom is 0.303 e. The molecule has 110 valence electrons. The van der Waals surface area contributed by atoms with Gasteiger partial charge in [-0.15, -0.1) is 0 Å². The molecule has 1 unspecified atom stereocenters. The van der Waals surface area contributed by atoms with Crippen LogP contribution in [0.4, 0.5) is 0 Å². The molecule has 0 bridgehead atoms. The summed E-state index contributed by atoms with van der Waals surface area (Å²) >= 11 is 0. The number of carbonyl (C=O) groups is 2. The lowest BCUT2D eigenvalue weighted by molar-refractivity contribution is -0.137. The van der Waals surface area contributed by atoms with Crippen molar-refractivity contribution < 1.29 is 19.8 Å². The Morgan fingerprint density at radius 2 is 2.00 bits per heavy atom. The summed E-state index contributed by atoms with van der Waals surface area (Å²) < 4.78 is 0. The third kappa shape index (κ3) is 4.57. The van der Waals surface area contributed by atoms with Crippen molar-refractivity contribution in [1.82, 2.24) is 4.90 Å². The number of carboxylic acid groups (broad SMARTS) is 1. The molecule has 0 spiro atoms. The summed E-state index contributed by atoms with van der Waals surface area (Å²) in [6.07, 6.45) is 0.574. The number of carbonyl (C=O) groups excluding carboxylic acids is 1. The van der Waals surface area contributed by atoms with Gasteiger partial charge in [0.25, 0.3) is 0 Å². The van der Waals surface area contributed by atoms with E-state index in [1.165, 1.54) is 0 Å². The molecule has 0 saturated heterocycles. The molecule has 1 amide bonds. The number of aliphatic carboxylic acids is 1. The predicted octanol–water partition coefficient (Wildman–Crippen LogP) is 2.56. The van der Waals surface area contributed by atoms with Crippen LogP contribution in [0, 0.1) is 0 Å². The zero-order valence-electron chi connectivity index (χ0n) is 11.9. The molecule has 1 atom stereocenters. The van der Waals surface area contributed by atoms with E-state index < -0.39 is 5.97 Å². The molecule has 2 N–H and O–H groups in total. The molecule has 5 heteroatoms. The average molecular weight is 279 g/mol. The second-order valence-corrected chi connectivity index (χ2v) is 4.70. The number of benzene rings is 1. The molecule has 0 saturated carbocycles. The topological polar surface area (TPSA) is 77.8 Å². The molecule has 0 heterocycles. The van der Waals surface area contributed by atoms with Crippen LogP contribution in [0.3, 0.4) is 0 Å². The molecular weight excluding hydrogens is 258 g/mol. The summed E-state index contributed by atoms with van der Waals surface area (Å²) in [4.78, 5) is 24.3. The van der Waals surface area contributed by atoms with Gasteiger partial charge in [-0.2, -0.15) is 0 Å². The van der Waals surface area contributed by atoms with Crippen molar-refractivity contribution in [3.8, 4) is 5.75 Å². The summed E-state index contributed by atoms with van der Waals surface area (Å²) in [5.74, 6) is -0.782. The first-order valence-electron chi connectivity index (χ1n) is 6.76. The van der Waals surface area contributed by atoms with Crippen LogP contribution >= 0.6 is 0 Å². The molecule has 20 heavy (non-hydrogen) atoms. The molecule has 0 aliphatic rings. The van der Waals surface area contributed by atoms with E-state index in [1.54, 1.807) is 23.1 Å². The molecule has 1 aromatic rings. The Kier molecular flexibility index (Phi) is 6.03. The van der Waals surface area contributed by atoms with Gasteiger partial charge in [0.05, 0.1) is 6.04 Å². The van der Waals surface area contributed by atoms with Crippen LogP contribution in [0.1, 0.15) is 44.7 Å². The lowest BCUT2D eigenvalue weighted by Crippen LogP contribution is -2.33. The first-order chi connectivity index (χ1) is 9.45. The fraction of sp³-hybridized carbons (Fsp3) is 0.467. The van der Waals surface area contributed by atoms with Crippen LogP contribution in [-0.4, -0.2) is 33.5 Å². The van der Waals surface area contributed by atoms with Crippen LogP contribution in [0.15, 0.2) is 24.3 Å². The van der Waals surface area contributed by atoms with Gasteiger partial charge < -0.3 is 15.1 Å². The summed E-state index contributed by atoms with van der Waals surface area (Å²) in [6.45, 7) is 4.32. The minimum Gasteiger partial charge on any atom is -0.508 e. The van der Waals surface area contributed by atoms with Gasteiger partial charge >= 0.3 is 5.97 Å². The van der Waals surface area contributed by atoms with Crippen LogP contribution in [0.2, 0.25) is 0 Å². The standard InChI is InChI=1S/C15H21NO4/c1-3-16(14(18)8-5-9-15(19)20)11(2)12-6-4-7-13(17)10-12/h4,6-7,10-11,17H,3,5,8-9H2,1-2H3,(H,19,20). The summed E-state index contributed by atoms with van der Waals surface area (Å²) in [5.41, 5.74) is 0.860. The van der Waals surface area contributed by atoms with Gasteiger partial charge in [0.1, 0.15) is 5.75 Å². The Labute approximate surface area is 118 Å². The van der Waals surface area contributed by atoms with E-state index >= 15 is 0 Å². The largest absolute Gasteiger partial charge is 0.508 e. The Balaban J connectivity index is 2.69. The number of carboxylic acids is 1. The Morgan fingerprint density at radius 3 is 2.55 bits per heavy atom. The van der Waals surface area contributed by atoms with Gasteiger partial charge in [0.15, 0.2) is 0 Å². The highest BCUT2D eigenvalue weighted by atomic mass is 16.4. The van der Waals surface area contributed by atoms with Crippen LogP contribution in [0.5, 0.6) is 5.75 Å². The predicted molar refractivity (Wildman–Crippen MR) is 75.4 cm³/mol. The number of hydrogen-bond acceptors (Lipinski definition) is 3. The molecule has 0 aliphatic heterocycles. The molecule has 5 nitrogen and oxygen atoms in total. The van der Waals surface area contributed by atoms with E-state index in [9.17, 15) is 14.7 Å². The van der Waals surface area contributed by atoms with Crippen LogP contribution < -0.4 is 0 Å². The van der Waals surface area contributed by atoms with Gasteiger partial charge in [-0.25, -0.2) is 0 Å². The van der Waals surface area contributed by atoms with E-state index in [2.05, 4.69) is 0 Å². The smallest absolute Gasteiger partial charge is 0.303 e. The molecule has 0 fully saturated rings. The highest BCUT2D eigenvalue weighted by Crippen LogP contribution is 2.24. The van der Waals surface area contributed by atoms with Crippen molar-refractivity contribution in [3.63, 3.8) is 0 Å². The van der Waals surface area contributed by atoms with E-state index in [0.29, 0.717) is 13.0 Å². The number of amides is 1. The first kappa shape index (κ1) is 16.0. The third-order valence-corrected chi connectivity index (χ3v) is 3.26. The van der Waals surface area contributed by atoms with E-state index in [-0.39, 0.29) is 30.5 Å². The zero-order valence-corrected chi connectivity index (χ0v) is 11.9. The van der Waals surface area contributed by atoms with Gasteiger partial charge in [-0.1, -0.05) is 12.1 Å². The number of rotatable bonds is 7. The van der Waals surface area contributed by atoms with Gasteiger partial charge in [-0.05, 0) is 38.0 Å². The van der Waals surface area contributed by atoms with Crippen LogP contribution in [-0.2, 0) is 9.59 Å². The Hall–Kier alpha value is -2.04. The minimum atomic E-state index is -0.887. The van der Waals surface area contributed by atoms with Gasteiger partial charge in [-0.3, -0.25) is 9.59 Å². The average Bonchev–Trinajstić information content (AvgIpc) is 2.39. The Bertz CT molecular complexity index is 473. The maximum atomic E-state index is 12.1. The second-order valence-electron chi connectivity index (χ2n) is 4.70. The monoisotopic (exact) mass is 279 g/mol. The number of hydrogen-bond donors (Lipinski definition) is 2. The van der Waals surface area contributed by atoms with Gasteiger partial charge in [0.2, 0.25) is 5.91 Å². The normalized spacial score (nSPS) is 11.9. The fourth-order valence-corrected chi connectivity index (χ4v) is 2.17. The summed E-state index contributed by atoms with van der Waals surface area (Å²) in [7, 11) is 0. The molecule has 1 aromatic carbocycles. The van der Waals surface area contributed by atoms with Crippen molar-refractivity contribution in [2.75, 3.05) is 6.54 Å². The number of phenolic OH excluding ortho intramolecular Hbond substituents is 1. The summed E-state index contributed by atoms with van der Waals surface area (Å²) in [5, 5.41) is 18.1. The molecule has 1 rings (SSSR count). The first-order valence-corrected chi connectivity index (χ1v) is 6.76. The number of aromatic hydroxyl groups is 1. The van der Waals surface area contributed by atoms with Crippen LogP contribution in [0.25, 0.3) is 0 Å². The van der Waals surface area contributed by atoms with E-state index in [4.69, 9.17) is 5.11 Å². The maximum absolute atomic E-state index is 12.1. The number of nitrogens with zero attached hydrogens (tertiary/aromatic N) is 1. The van der Waals surface area contributed by atoms with Crippen molar-refractivity contribution in [2.24, 2.45) is 0 Å². The third-order valence-electron chi connectivity index (χ3n) is 3.26. The highest BCUT2D eigenvalue weighted by Gasteiger charge is 2.20. The van der Waals surface area contributed by atoms with Crippen molar-refractivity contribution >= 4 is 11.9 Å². The summed E-state index contributed by atoms with van der Waals surface area (Å²) in [6, 6.07) is 6.67. The SMILES string of the molecule is CCN(C(=O)CCCC(=O)O)C(C)c1cccc(O)c1. The number of phenols is 1.